The van der Waals surface area contributed by atoms with Crippen molar-refractivity contribution in [1.29, 1.82) is 0 Å². The summed E-state index contributed by atoms with van der Waals surface area (Å²) in [6, 6.07) is 14.5. The van der Waals surface area contributed by atoms with Gasteiger partial charge in [0.25, 0.3) is 0 Å². The molecule has 0 fully saturated rings. The lowest BCUT2D eigenvalue weighted by atomic mass is 10.1. The maximum absolute atomic E-state index is 4.73. The molecule has 0 aliphatic heterocycles. The third-order valence-corrected chi connectivity index (χ3v) is 4.55. The zero-order valence-corrected chi connectivity index (χ0v) is 16.9. The van der Waals surface area contributed by atoms with Crippen LogP contribution in [0.15, 0.2) is 53.7 Å². The van der Waals surface area contributed by atoms with Crippen molar-refractivity contribution in [1.82, 2.24) is 30.1 Å². The molecule has 0 saturated carbocycles. The third kappa shape index (κ3) is 5.29. The van der Waals surface area contributed by atoms with Gasteiger partial charge in [-0.25, -0.2) is 4.99 Å². The molecule has 0 spiro atoms. The van der Waals surface area contributed by atoms with E-state index in [4.69, 9.17) is 4.99 Å². The zero-order chi connectivity index (χ0) is 19.8. The van der Waals surface area contributed by atoms with Crippen LogP contribution in [0, 0.1) is 0 Å². The summed E-state index contributed by atoms with van der Waals surface area (Å²) < 4.78 is 1.98. The Balaban J connectivity index is 1.65. The van der Waals surface area contributed by atoms with Gasteiger partial charge in [0.2, 0.25) is 0 Å². The van der Waals surface area contributed by atoms with Crippen LogP contribution < -0.4 is 10.6 Å². The number of fused-ring (bicyclic) bond motifs is 1. The van der Waals surface area contributed by atoms with Crippen LogP contribution in [0.4, 0.5) is 0 Å². The highest BCUT2D eigenvalue weighted by molar-refractivity contribution is 5.79. The molecular formula is C21H29N7. The minimum absolute atomic E-state index is 0.554. The Labute approximate surface area is 166 Å². The number of rotatable bonds is 8. The minimum Gasteiger partial charge on any atom is -0.357 e. The fourth-order valence-corrected chi connectivity index (χ4v) is 2.94. The Bertz CT molecular complexity index is 916. The summed E-state index contributed by atoms with van der Waals surface area (Å²) >= 11 is 0. The van der Waals surface area contributed by atoms with Crippen LogP contribution in [0.3, 0.4) is 0 Å². The lowest BCUT2D eigenvalue weighted by Crippen LogP contribution is -2.37. The molecule has 0 amide bonds. The van der Waals surface area contributed by atoms with Crippen LogP contribution >= 0.6 is 0 Å². The van der Waals surface area contributed by atoms with Gasteiger partial charge in [-0.3, -0.25) is 4.40 Å². The molecule has 0 atom stereocenters. The van der Waals surface area contributed by atoms with E-state index in [1.54, 1.807) is 0 Å². The molecule has 148 valence electrons. The van der Waals surface area contributed by atoms with Crippen molar-refractivity contribution >= 4 is 11.6 Å². The van der Waals surface area contributed by atoms with Crippen molar-refractivity contribution in [3.63, 3.8) is 0 Å². The molecule has 0 radical (unpaired) electrons. The van der Waals surface area contributed by atoms with Gasteiger partial charge in [-0.1, -0.05) is 37.3 Å². The molecule has 0 aliphatic carbocycles. The minimum atomic E-state index is 0.554. The highest BCUT2D eigenvalue weighted by atomic mass is 15.3. The predicted molar refractivity (Wildman–Crippen MR) is 113 cm³/mol. The fraction of sp³-hybridized carbons (Fsp3) is 0.381. The maximum atomic E-state index is 4.73. The van der Waals surface area contributed by atoms with Gasteiger partial charge in [0, 0.05) is 19.3 Å². The van der Waals surface area contributed by atoms with Gasteiger partial charge in [0.15, 0.2) is 17.4 Å². The van der Waals surface area contributed by atoms with E-state index in [0.29, 0.717) is 13.1 Å². The average Bonchev–Trinajstić information content (AvgIpc) is 3.13. The monoisotopic (exact) mass is 379 g/mol. The summed E-state index contributed by atoms with van der Waals surface area (Å²) in [4.78, 5) is 7.02. The first-order chi connectivity index (χ1) is 13.7. The van der Waals surface area contributed by atoms with Crippen LogP contribution in [0.25, 0.3) is 5.65 Å². The first-order valence-electron chi connectivity index (χ1n) is 9.76. The van der Waals surface area contributed by atoms with Crippen molar-refractivity contribution < 1.29 is 0 Å². The van der Waals surface area contributed by atoms with E-state index in [9.17, 15) is 0 Å². The van der Waals surface area contributed by atoms with E-state index in [1.807, 2.05) is 28.8 Å². The Morgan fingerprint density at radius 3 is 2.75 bits per heavy atom. The normalized spacial score (nSPS) is 11.9. The maximum Gasteiger partial charge on any atom is 0.191 e. The molecule has 0 saturated heterocycles. The van der Waals surface area contributed by atoms with Gasteiger partial charge in [-0.2, -0.15) is 0 Å². The number of pyridine rings is 1. The Kier molecular flexibility index (Phi) is 6.97. The highest BCUT2D eigenvalue weighted by Gasteiger charge is 2.06. The molecule has 1 aromatic carbocycles. The highest BCUT2D eigenvalue weighted by Crippen LogP contribution is 2.09. The van der Waals surface area contributed by atoms with E-state index in [-0.39, 0.29) is 0 Å². The van der Waals surface area contributed by atoms with Crippen LogP contribution in [-0.2, 0) is 19.6 Å². The average molecular weight is 380 g/mol. The van der Waals surface area contributed by atoms with Gasteiger partial charge in [0.1, 0.15) is 0 Å². The second kappa shape index (κ2) is 9.85. The first-order valence-corrected chi connectivity index (χ1v) is 9.76. The summed E-state index contributed by atoms with van der Waals surface area (Å²) in [5.74, 6) is 1.62. The second-order valence-corrected chi connectivity index (χ2v) is 6.74. The summed E-state index contributed by atoms with van der Waals surface area (Å²) in [6.45, 7) is 8.19. The van der Waals surface area contributed by atoms with E-state index in [1.165, 1.54) is 11.1 Å². The van der Waals surface area contributed by atoms with Crippen LogP contribution in [0.2, 0.25) is 0 Å². The molecule has 0 unspecified atom stereocenters. The first kappa shape index (κ1) is 19.8. The number of hydrogen-bond donors (Lipinski definition) is 2. The Morgan fingerprint density at radius 1 is 1.07 bits per heavy atom. The smallest absolute Gasteiger partial charge is 0.191 e. The third-order valence-electron chi connectivity index (χ3n) is 4.55. The number of benzene rings is 1. The quantitative estimate of drug-likeness (QED) is 0.465. The van der Waals surface area contributed by atoms with E-state index in [2.05, 4.69) is 70.9 Å². The van der Waals surface area contributed by atoms with Crippen LogP contribution in [0.5, 0.6) is 0 Å². The Morgan fingerprint density at radius 2 is 1.93 bits per heavy atom. The standard InChI is InChI=1S/C21H29N7/c1-4-22-21(24-15-20-26-25-19-11-6-7-12-28(19)20)23-14-17-9-8-10-18(13-17)16-27(3)5-2/h6-13H,4-5,14-16H2,1-3H3,(H2,22,23,24). The molecule has 3 rings (SSSR count). The molecule has 0 bridgehead atoms. The van der Waals surface area contributed by atoms with Gasteiger partial charge in [-0.15, -0.1) is 10.2 Å². The molecule has 2 heterocycles. The largest absolute Gasteiger partial charge is 0.357 e. The van der Waals surface area contributed by atoms with Crippen molar-refractivity contribution in [3.8, 4) is 0 Å². The van der Waals surface area contributed by atoms with Crippen molar-refractivity contribution in [2.75, 3.05) is 20.1 Å². The van der Waals surface area contributed by atoms with Crippen molar-refractivity contribution in [2.24, 2.45) is 4.99 Å². The molecule has 7 nitrogen and oxygen atoms in total. The second-order valence-electron chi connectivity index (χ2n) is 6.74. The molecular weight excluding hydrogens is 350 g/mol. The lowest BCUT2D eigenvalue weighted by Gasteiger charge is -2.14. The SMILES string of the molecule is CCNC(=NCc1cccc(CN(C)CC)c1)NCc1nnc2ccccn12. The summed E-state index contributed by atoms with van der Waals surface area (Å²) in [6.07, 6.45) is 1.97. The van der Waals surface area contributed by atoms with Gasteiger partial charge in [-0.05, 0) is 43.8 Å². The predicted octanol–water partition coefficient (Wildman–Crippen LogP) is 2.44. The zero-order valence-electron chi connectivity index (χ0n) is 16.9. The van der Waals surface area contributed by atoms with Crippen molar-refractivity contribution in [2.45, 2.75) is 33.5 Å². The molecule has 3 aromatic rings. The number of aromatic nitrogens is 3. The van der Waals surface area contributed by atoms with Gasteiger partial charge in [0.05, 0.1) is 13.1 Å². The number of nitrogens with one attached hydrogen (secondary N) is 2. The Hall–Kier alpha value is -2.93. The summed E-state index contributed by atoms with van der Waals surface area (Å²) in [7, 11) is 2.13. The molecule has 28 heavy (non-hydrogen) atoms. The molecule has 2 N–H and O–H groups in total. The topological polar surface area (TPSA) is 69.8 Å². The van der Waals surface area contributed by atoms with E-state index >= 15 is 0 Å². The summed E-state index contributed by atoms with van der Waals surface area (Å²) in [5.41, 5.74) is 3.35. The van der Waals surface area contributed by atoms with Crippen molar-refractivity contribution in [3.05, 3.63) is 65.6 Å². The van der Waals surface area contributed by atoms with Gasteiger partial charge < -0.3 is 15.5 Å². The molecule has 2 aromatic heterocycles. The summed E-state index contributed by atoms with van der Waals surface area (Å²) in [5, 5.41) is 15.1. The molecule has 0 aliphatic rings. The van der Waals surface area contributed by atoms with Crippen LogP contribution in [-0.4, -0.2) is 45.6 Å². The number of hydrogen-bond acceptors (Lipinski definition) is 4. The van der Waals surface area contributed by atoms with E-state index in [0.717, 1.165) is 37.1 Å². The van der Waals surface area contributed by atoms with Crippen LogP contribution in [0.1, 0.15) is 30.8 Å². The number of aliphatic imine (C=N–C) groups is 1. The van der Waals surface area contributed by atoms with E-state index < -0.39 is 0 Å². The lowest BCUT2D eigenvalue weighted by molar-refractivity contribution is 0.345. The fourth-order valence-electron chi connectivity index (χ4n) is 2.94. The number of nitrogens with zero attached hydrogens (tertiary/aromatic N) is 5. The van der Waals surface area contributed by atoms with Gasteiger partial charge >= 0.3 is 0 Å². The number of guanidine groups is 1. The molecule has 7 heteroatoms.